The fourth-order valence-electron chi connectivity index (χ4n) is 5.23. The van der Waals surface area contributed by atoms with Gasteiger partial charge in [-0.2, -0.15) is 11.8 Å². The fourth-order valence-corrected chi connectivity index (χ4v) is 7.07. The molecule has 0 bridgehead atoms. The molecule has 0 spiro atoms. The van der Waals surface area contributed by atoms with E-state index in [1.807, 2.05) is 0 Å². The summed E-state index contributed by atoms with van der Waals surface area (Å²) in [6.45, 7) is 14.2. The molecule has 1 unspecified atom stereocenters. The zero-order valence-corrected chi connectivity index (χ0v) is 18.4. The minimum Gasteiger partial charge on any atom is -0.465 e. The van der Waals surface area contributed by atoms with Crippen LogP contribution in [0.5, 0.6) is 0 Å². The SMILES string of the molecule is CC(C)(C)C1CCN(C(=O)O)[C@]1(CSC[C@@H]1CCCN1C(=O)O)C(C)(C)C. The number of thioether (sulfide) groups is 1. The first-order chi connectivity index (χ1) is 12.3. The van der Waals surface area contributed by atoms with Crippen molar-refractivity contribution in [3.05, 3.63) is 0 Å². The van der Waals surface area contributed by atoms with E-state index in [1.165, 1.54) is 0 Å². The van der Waals surface area contributed by atoms with E-state index in [4.69, 9.17) is 0 Å². The average Bonchev–Trinajstić information content (AvgIpc) is 3.10. The summed E-state index contributed by atoms with van der Waals surface area (Å²) < 4.78 is 0. The summed E-state index contributed by atoms with van der Waals surface area (Å²) >= 11 is 1.73. The molecule has 2 aliphatic rings. The Hall–Kier alpha value is -1.11. The van der Waals surface area contributed by atoms with Crippen molar-refractivity contribution in [2.24, 2.45) is 16.7 Å². The minimum absolute atomic E-state index is 0.00149. The third-order valence-electron chi connectivity index (χ3n) is 6.53. The quantitative estimate of drug-likeness (QED) is 0.715. The van der Waals surface area contributed by atoms with Gasteiger partial charge < -0.3 is 20.0 Å². The van der Waals surface area contributed by atoms with Crippen LogP contribution in [0, 0.1) is 16.7 Å². The van der Waals surface area contributed by atoms with E-state index in [9.17, 15) is 19.8 Å². The molecule has 0 saturated carbocycles. The van der Waals surface area contributed by atoms with E-state index < -0.39 is 17.7 Å². The number of carbonyl (C=O) groups is 2. The molecule has 27 heavy (non-hydrogen) atoms. The molecule has 2 saturated heterocycles. The monoisotopic (exact) mass is 400 g/mol. The van der Waals surface area contributed by atoms with Gasteiger partial charge in [0.2, 0.25) is 0 Å². The maximum atomic E-state index is 12.1. The van der Waals surface area contributed by atoms with Crippen LogP contribution in [-0.2, 0) is 0 Å². The van der Waals surface area contributed by atoms with Gasteiger partial charge in [-0.3, -0.25) is 0 Å². The Morgan fingerprint density at radius 3 is 2.15 bits per heavy atom. The van der Waals surface area contributed by atoms with Gasteiger partial charge in [0.05, 0.1) is 5.54 Å². The van der Waals surface area contributed by atoms with E-state index >= 15 is 0 Å². The van der Waals surface area contributed by atoms with E-state index in [0.29, 0.717) is 18.8 Å². The summed E-state index contributed by atoms with van der Waals surface area (Å²) in [6, 6.07) is 0.0392. The van der Waals surface area contributed by atoms with Gasteiger partial charge in [0, 0.05) is 30.6 Å². The maximum Gasteiger partial charge on any atom is 0.407 e. The van der Waals surface area contributed by atoms with Crippen molar-refractivity contribution in [3.63, 3.8) is 0 Å². The highest BCUT2D eigenvalue weighted by Gasteiger charge is 2.60. The van der Waals surface area contributed by atoms with Crippen molar-refractivity contribution in [1.29, 1.82) is 0 Å². The molecule has 2 heterocycles. The predicted octanol–water partition coefficient (Wildman–Crippen LogP) is 4.69. The molecule has 2 rings (SSSR count). The molecule has 2 fully saturated rings. The molecule has 0 radical (unpaired) electrons. The van der Waals surface area contributed by atoms with Gasteiger partial charge in [0.25, 0.3) is 0 Å². The molecule has 2 aliphatic heterocycles. The van der Waals surface area contributed by atoms with Crippen molar-refractivity contribution in [2.75, 3.05) is 24.6 Å². The van der Waals surface area contributed by atoms with E-state index in [0.717, 1.165) is 25.0 Å². The number of carboxylic acid groups (broad SMARTS) is 2. The van der Waals surface area contributed by atoms with E-state index in [1.54, 1.807) is 21.6 Å². The first-order valence-electron chi connectivity index (χ1n) is 9.90. The molecule has 7 heteroatoms. The van der Waals surface area contributed by atoms with Gasteiger partial charge in [-0.15, -0.1) is 0 Å². The lowest BCUT2D eigenvalue weighted by atomic mass is 9.60. The van der Waals surface area contributed by atoms with Crippen LogP contribution in [0.2, 0.25) is 0 Å². The Balaban J connectivity index is 2.26. The van der Waals surface area contributed by atoms with Crippen LogP contribution in [0.3, 0.4) is 0 Å². The molecule has 6 nitrogen and oxygen atoms in total. The average molecular weight is 401 g/mol. The summed E-state index contributed by atoms with van der Waals surface area (Å²) in [7, 11) is 0. The van der Waals surface area contributed by atoms with Crippen LogP contribution >= 0.6 is 11.8 Å². The van der Waals surface area contributed by atoms with Crippen molar-refractivity contribution >= 4 is 23.9 Å². The number of rotatable bonds is 4. The Morgan fingerprint density at radius 1 is 1.04 bits per heavy atom. The van der Waals surface area contributed by atoms with Crippen LogP contribution in [0.15, 0.2) is 0 Å². The Kier molecular flexibility index (Phi) is 6.34. The number of likely N-dealkylation sites (tertiary alicyclic amines) is 2. The van der Waals surface area contributed by atoms with Crippen LogP contribution in [0.1, 0.15) is 60.8 Å². The van der Waals surface area contributed by atoms with Crippen LogP contribution < -0.4 is 0 Å². The molecule has 0 aromatic heterocycles. The van der Waals surface area contributed by atoms with Crippen LogP contribution in [-0.4, -0.2) is 68.4 Å². The zero-order chi connectivity index (χ0) is 20.6. The standard InChI is InChI=1S/C20H36N2O4S/c1-18(2,3)15-9-11-22(17(25)26)20(15,19(4,5)6)13-27-12-14-8-7-10-21(14)16(23)24/h14-15H,7-13H2,1-6H3,(H,23,24)(H,25,26)/t14-,15?,20-/m0/s1. The molecular weight excluding hydrogens is 364 g/mol. The first-order valence-corrected chi connectivity index (χ1v) is 11.1. The Morgan fingerprint density at radius 2 is 1.67 bits per heavy atom. The molecular formula is C20H36N2O4S. The molecule has 156 valence electrons. The number of hydrogen-bond acceptors (Lipinski definition) is 3. The van der Waals surface area contributed by atoms with Gasteiger partial charge in [-0.05, 0) is 36.0 Å². The number of hydrogen-bond donors (Lipinski definition) is 2. The topological polar surface area (TPSA) is 81.1 Å². The highest BCUT2D eigenvalue weighted by molar-refractivity contribution is 7.99. The normalized spacial score (nSPS) is 29.4. The van der Waals surface area contributed by atoms with Gasteiger partial charge in [-0.25, -0.2) is 9.59 Å². The van der Waals surface area contributed by atoms with Crippen molar-refractivity contribution in [2.45, 2.75) is 72.4 Å². The van der Waals surface area contributed by atoms with Gasteiger partial charge >= 0.3 is 12.2 Å². The predicted molar refractivity (Wildman–Crippen MR) is 110 cm³/mol. The van der Waals surface area contributed by atoms with Gasteiger partial charge in [0.1, 0.15) is 0 Å². The first kappa shape index (κ1) is 22.2. The third-order valence-corrected chi connectivity index (χ3v) is 7.79. The summed E-state index contributed by atoms with van der Waals surface area (Å²) in [5.41, 5.74) is -0.679. The largest absolute Gasteiger partial charge is 0.465 e. The summed E-state index contributed by atoms with van der Waals surface area (Å²) in [5, 5.41) is 19.3. The third kappa shape index (κ3) is 4.17. The molecule has 3 atom stereocenters. The summed E-state index contributed by atoms with van der Waals surface area (Å²) in [4.78, 5) is 26.8. The summed E-state index contributed by atoms with van der Waals surface area (Å²) in [6.07, 6.45) is 0.994. The second kappa shape index (κ2) is 7.72. The molecule has 2 amide bonds. The zero-order valence-electron chi connectivity index (χ0n) is 17.6. The second-order valence-electron chi connectivity index (χ2n) is 10.1. The lowest BCUT2D eigenvalue weighted by molar-refractivity contribution is -0.0119. The van der Waals surface area contributed by atoms with Crippen molar-refractivity contribution < 1.29 is 19.8 Å². The van der Waals surface area contributed by atoms with Crippen LogP contribution in [0.4, 0.5) is 9.59 Å². The smallest absolute Gasteiger partial charge is 0.407 e. The Bertz CT molecular complexity index is 569. The highest BCUT2D eigenvalue weighted by Crippen LogP contribution is 2.55. The molecule has 2 N–H and O–H groups in total. The summed E-state index contributed by atoms with van der Waals surface area (Å²) in [5.74, 6) is 1.69. The lowest BCUT2D eigenvalue weighted by Gasteiger charge is -2.54. The molecule has 0 aromatic carbocycles. The van der Waals surface area contributed by atoms with Gasteiger partial charge in [-0.1, -0.05) is 41.5 Å². The van der Waals surface area contributed by atoms with Crippen molar-refractivity contribution in [1.82, 2.24) is 9.80 Å². The van der Waals surface area contributed by atoms with Crippen LogP contribution in [0.25, 0.3) is 0 Å². The minimum atomic E-state index is -0.843. The molecule has 0 aromatic rings. The van der Waals surface area contributed by atoms with Gasteiger partial charge in [0.15, 0.2) is 0 Å². The second-order valence-corrected chi connectivity index (χ2v) is 11.1. The van der Waals surface area contributed by atoms with E-state index in [2.05, 4.69) is 41.5 Å². The number of nitrogens with zero attached hydrogens (tertiary/aromatic N) is 2. The maximum absolute atomic E-state index is 12.1. The molecule has 0 aliphatic carbocycles. The Labute approximate surface area is 167 Å². The highest BCUT2D eigenvalue weighted by atomic mass is 32.2. The van der Waals surface area contributed by atoms with Crippen molar-refractivity contribution in [3.8, 4) is 0 Å². The number of amides is 2. The lowest BCUT2D eigenvalue weighted by Crippen LogP contribution is -2.62. The fraction of sp³-hybridized carbons (Fsp3) is 0.900. The van der Waals surface area contributed by atoms with E-state index in [-0.39, 0.29) is 22.8 Å².